The zero-order valence-electron chi connectivity index (χ0n) is 7.44. The molecule has 86 valence electrons. The van der Waals surface area contributed by atoms with Gasteiger partial charge in [0, 0.05) is 0 Å². The lowest BCUT2D eigenvalue weighted by Gasteiger charge is -2.10. The maximum absolute atomic E-state index is 13.3. The van der Waals surface area contributed by atoms with Crippen molar-refractivity contribution in [3.63, 3.8) is 0 Å². The van der Waals surface area contributed by atoms with Crippen LogP contribution in [0.1, 0.15) is 26.3 Å². The molecule has 1 aromatic carbocycles. The van der Waals surface area contributed by atoms with Gasteiger partial charge in [-0.1, -0.05) is 0 Å². The van der Waals surface area contributed by atoms with Crippen LogP contribution in [0.3, 0.4) is 0 Å². The van der Waals surface area contributed by atoms with Crippen LogP contribution in [0.25, 0.3) is 0 Å². The Morgan fingerprint density at radius 2 is 1.88 bits per heavy atom. The smallest absolute Gasteiger partial charge is 0.298 e. The van der Waals surface area contributed by atoms with Crippen molar-refractivity contribution in [2.24, 2.45) is 0 Å². The Hall–Kier alpha value is -1.43. The van der Waals surface area contributed by atoms with E-state index in [9.17, 15) is 27.2 Å². The van der Waals surface area contributed by atoms with E-state index in [-0.39, 0.29) is 6.29 Å². The third kappa shape index (κ3) is 2.21. The van der Waals surface area contributed by atoms with Gasteiger partial charge in [0.2, 0.25) is 0 Å². The molecular weight excluding hydrogens is 252 g/mol. The summed E-state index contributed by atoms with van der Waals surface area (Å²) in [7, 11) is 0. The van der Waals surface area contributed by atoms with Crippen LogP contribution in [0, 0.1) is 5.82 Å². The summed E-state index contributed by atoms with van der Waals surface area (Å²) in [6.07, 6.45) is -5.17. The molecule has 0 N–H and O–H groups in total. The molecule has 0 atom stereocenters. The molecule has 0 aliphatic carbocycles. The van der Waals surface area contributed by atoms with Crippen LogP contribution in [0.4, 0.5) is 17.6 Å². The standard InChI is InChI=1S/C9H3ClF4O2/c10-8(16)4-1-2-6(9(12,13)14)5(3-15)7(4)11/h1-3H. The van der Waals surface area contributed by atoms with Gasteiger partial charge >= 0.3 is 6.18 Å². The molecule has 0 aromatic heterocycles. The maximum Gasteiger partial charge on any atom is 0.417 e. The van der Waals surface area contributed by atoms with E-state index in [4.69, 9.17) is 11.6 Å². The van der Waals surface area contributed by atoms with Crippen LogP contribution in [-0.2, 0) is 6.18 Å². The summed E-state index contributed by atoms with van der Waals surface area (Å²) < 4.78 is 50.2. The number of hydrogen-bond acceptors (Lipinski definition) is 2. The van der Waals surface area contributed by atoms with Crippen LogP contribution in [-0.4, -0.2) is 11.5 Å². The summed E-state index contributed by atoms with van der Waals surface area (Å²) in [4.78, 5) is 21.0. The number of rotatable bonds is 2. The van der Waals surface area contributed by atoms with E-state index >= 15 is 0 Å². The fourth-order valence-corrected chi connectivity index (χ4v) is 1.25. The highest BCUT2D eigenvalue weighted by Gasteiger charge is 2.35. The Balaban J connectivity index is 3.53. The molecule has 0 unspecified atom stereocenters. The highest BCUT2D eigenvalue weighted by molar-refractivity contribution is 6.67. The lowest BCUT2D eigenvalue weighted by Crippen LogP contribution is -2.12. The fourth-order valence-electron chi connectivity index (χ4n) is 1.11. The predicted octanol–water partition coefficient (Wildman–Crippen LogP) is 3.04. The summed E-state index contributed by atoms with van der Waals surface area (Å²) in [6, 6.07) is 1.02. The van der Waals surface area contributed by atoms with Gasteiger partial charge in [-0.15, -0.1) is 0 Å². The van der Waals surface area contributed by atoms with Crippen molar-refractivity contribution in [1.29, 1.82) is 0 Å². The Bertz CT molecular complexity index is 454. The summed E-state index contributed by atoms with van der Waals surface area (Å²) in [5.41, 5.74) is -3.43. The SMILES string of the molecule is O=Cc1c(C(F)(F)F)ccc(C(=O)Cl)c1F. The topological polar surface area (TPSA) is 34.1 Å². The monoisotopic (exact) mass is 254 g/mol. The van der Waals surface area contributed by atoms with Crippen molar-refractivity contribution in [3.05, 3.63) is 34.6 Å². The Morgan fingerprint density at radius 1 is 1.31 bits per heavy atom. The van der Waals surface area contributed by atoms with E-state index < -0.39 is 33.9 Å². The zero-order valence-corrected chi connectivity index (χ0v) is 8.19. The summed E-state index contributed by atoms with van der Waals surface area (Å²) in [6.45, 7) is 0. The number of carbonyl (C=O) groups is 2. The first-order chi connectivity index (χ1) is 7.29. The third-order valence-electron chi connectivity index (χ3n) is 1.81. The molecule has 0 spiro atoms. The van der Waals surface area contributed by atoms with Crippen molar-refractivity contribution in [2.45, 2.75) is 6.18 Å². The molecule has 0 amide bonds. The van der Waals surface area contributed by atoms with Crippen molar-refractivity contribution < 1.29 is 27.2 Å². The number of hydrogen-bond donors (Lipinski definition) is 0. The van der Waals surface area contributed by atoms with E-state index in [1.165, 1.54) is 0 Å². The van der Waals surface area contributed by atoms with E-state index in [0.717, 1.165) is 0 Å². The van der Waals surface area contributed by atoms with E-state index in [1.54, 1.807) is 0 Å². The van der Waals surface area contributed by atoms with Crippen molar-refractivity contribution in [1.82, 2.24) is 0 Å². The molecule has 0 bridgehead atoms. The summed E-state index contributed by atoms with van der Waals surface area (Å²) in [5, 5.41) is -1.27. The molecule has 0 fully saturated rings. The third-order valence-corrected chi connectivity index (χ3v) is 2.02. The van der Waals surface area contributed by atoms with Crippen LogP contribution in [0.5, 0.6) is 0 Å². The van der Waals surface area contributed by atoms with Crippen molar-refractivity contribution in [2.75, 3.05) is 0 Å². The van der Waals surface area contributed by atoms with Gasteiger partial charge in [-0.2, -0.15) is 13.2 Å². The normalized spacial score (nSPS) is 11.3. The molecule has 0 radical (unpaired) electrons. The van der Waals surface area contributed by atoms with Crippen LogP contribution >= 0.6 is 11.6 Å². The van der Waals surface area contributed by atoms with Gasteiger partial charge in [0.05, 0.1) is 16.7 Å². The minimum absolute atomic E-state index is 0.304. The highest BCUT2D eigenvalue weighted by Crippen LogP contribution is 2.33. The second-order valence-corrected chi connectivity index (χ2v) is 3.12. The zero-order chi connectivity index (χ0) is 12.5. The minimum Gasteiger partial charge on any atom is -0.298 e. The van der Waals surface area contributed by atoms with E-state index in [2.05, 4.69) is 0 Å². The average molecular weight is 255 g/mol. The first kappa shape index (κ1) is 12.6. The lowest BCUT2D eigenvalue weighted by atomic mass is 10.0. The average Bonchev–Trinajstić information content (AvgIpc) is 2.15. The van der Waals surface area contributed by atoms with Gasteiger partial charge in [0.15, 0.2) is 6.29 Å². The molecule has 0 saturated carbocycles. The fraction of sp³-hybridized carbons (Fsp3) is 0.111. The summed E-state index contributed by atoms with van der Waals surface area (Å²) >= 11 is 4.93. The van der Waals surface area contributed by atoms with Gasteiger partial charge in [0.25, 0.3) is 5.24 Å². The molecule has 7 heteroatoms. The maximum atomic E-state index is 13.3. The van der Waals surface area contributed by atoms with Crippen LogP contribution in [0.15, 0.2) is 12.1 Å². The van der Waals surface area contributed by atoms with Gasteiger partial charge in [0.1, 0.15) is 5.82 Å². The second kappa shape index (κ2) is 4.21. The first-order valence-corrected chi connectivity index (χ1v) is 4.21. The van der Waals surface area contributed by atoms with Crippen molar-refractivity contribution in [3.8, 4) is 0 Å². The van der Waals surface area contributed by atoms with Gasteiger partial charge in [-0.25, -0.2) is 4.39 Å². The van der Waals surface area contributed by atoms with Gasteiger partial charge in [-0.05, 0) is 23.7 Å². The largest absolute Gasteiger partial charge is 0.417 e. The van der Waals surface area contributed by atoms with Gasteiger partial charge < -0.3 is 0 Å². The molecule has 16 heavy (non-hydrogen) atoms. The molecule has 0 aliphatic heterocycles. The molecule has 2 nitrogen and oxygen atoms in total. The predicted molar refractivity (Wildman–Crippen MR) is 47.0 cm³/mol. The Kier molecular flexibility index (Phi) is 3.32. The minimum atomic E-state index is -4.87. The molecule has 0 heterocycles. The Labute approximate surface area is 91.8 Å². The number of halogens is 5. The van der Waals surface area contributed by atoms with Crippen LogP contribution in [0.2, 0.25) is 0 Å². The van der Waals surface area contributed by atoms with Crippen molar-refractivity contribution >= 4 is 23.1 Å². The first-order valence-electron chi connectivity index (χ1n) is 3.83. The lowest BCUT2D eigenvalue weighted by molar-refractivity contribution is -0.138. The number of carbonyl (C=O) groups excluding carboxylic acids is 2. The number of aldehydes is 1. The Morgan fingerprint density at radius 3 is 2.25 bits per heavy atom. The van der Waals surface area contributed by atoms with Crippen LogP contribution < -0.4 is 0 Å². The number of alkyl halides is 3. The molecular formula is C9H3ClF4O2. The molecule has 0 aliphatic rings. The van der Waals surface area contributed by atoms with Gasteiger partial charge in [-0.3, -0.25) is 9.59 Å². The molecule has 1 rings (SSSR count). The molecule has 1 aromatic rings. The molecule has 0 saturated heterocycles. The summed E-state index contributed by atoms with van der Waals surface area (Å²) in [5.74, 6) is -1.56. The van der Waals surface area contributed by atoms with E-state index in [1.807, 2.05) is 0 Å². The van der Waals surface area contributed by atoms with E-state index in [0.29, 0.717) is 12.1 Å². The number of benzene rings is 1. The highest BCUT2D eigenvalue weighted by atomic mass is 35.5. The quantitative estimate of drug-likeness (QED) is 0.462. The second-order valence-electron chi connectivity index (χ2n) is 2.78.